The van der Waals surface area contributed by atoms with E-state index in [0.29, 0.717) is 10.8 Å². The van der Waals surface area contributed by atoms with E-state index in [0.717, 1.165) is 35.5 Å². The molecule has 0 aromatic heterocycles. The number of hydrogen-bond donors (Lipinski definition) is 0. The Balaban J connectivity index is 0.00000225. The van der Waals surface area contributed by atoms with Crippen molar-refractivity contribution in [2.24, 2.45) is 46.3 Å². The SMILES string of the molecule is CC(C)CCCC(C)C1CCC2C3CC=C4C[CH-]CCC4(C)C3CCC12C.[K+]. The summed E-state index contributed by atoms with van der Waals surface area (Å²) in [5.74, 6) is 5.78. The van der Waals surface area contributed by atoms with E-state index >= 15 is 0 Å². The summed E-state index contributed by atoms with van der Waals surface area (Å²) in [7, 11) is 0. The van der Waals surface area contributed by atoms with Crippen LogP contribution in [0.25, 0.3) is 0 Å². The second kappa shape index (κ2) is 9.48. The van der Waals surface area contributed by atoms with Crippen molar-refractivity contribution in [1.82, 2.24) is 0 Å². The van der Waals surface area contributed by atoms with Crippen LogP contribution in [-0.2, 0) is 0 Å². The second-order valence-electron chi connectivity index (χ2n) is 11.8. The maximum absolute atomic E-state index is 2.72. The first kappa shape index (κ1) is 24.0. The van der Waals surface area contributed by atoms with Crippen molar-refractivity contribution in [1.29, 1.82) is 0 Å². The molecule has 3 saturated carbocycles. The number of rotatable bonds is 5. The Bertz CT molecular complexity index is 563. The van der Waals surface area contributed by atoms with Gasteiger partial charge in [-0.2, -0.15) is 12.8 Å². The number of allylic oxidation sites excluding steroid dienone is 2. The molecular formula is C27H45K. The summed E-state index contributed by atoms with van der Waals surface area (Å²) < 4.78 is 0. The molecule has 0 heterocycles. The van der Waals surface area contributed by atoms with Gasteiger partial charge in [0.1, 0.15) is 0 Å². The molecular weight excluding hydrogens is 363 g/mol. The predicted octanol–water partition coefficient (Wildman–Crippen LogP) is 5.24. The van der Waals surface area contributed by atoms with Crippen LogP contribution in [0.3, 0.4) is 0 Å². The second-order valence-corrected chi connectivity index (χ2v) is 11.8. The Hall–Kier alpha value is 1.38. The summed E-state index contributed by atoms with van der Waals surface area (Å²) in [6.07, 6.45) is 21.2. The van der Waals surface area contributed by atoms with Gasteiger partial charge in [-0.05, 0) is 78.4 Å². The van der Waals surface area contributed by atoms with E-state index < -0.39 is 0 Å². The van der Waals surface area contributed by atoms with Crippen molar-refractivity contribution >= 4 is 0 Å². The van der Waals surface area contributed by atoms with Crippen LogP contribution in [0.15, 0.2) is 11.6 Å². The fourth-order valence-corrected chi connectivity index (χ4v) is 8.50. The molecule has 7 atom stereocenters. The van der Waals surface area contributed by atoms with Crippen LogP contribution in [0, 0.1) is 52.8 Å². The van der Waals surface area contributed by atoms with Gasteiger partial charge in [-0.15, -0.1) is 0 Å². The summed E-state index contributed by atoms with van der Waals surface area (Å²) in [4.78, 5) is 0. The smallest absolute Gasteiger partial charge is 0.325 e. The van der Waals surface area contributed by atoms with Crippen molar-refractivity contribution in [3.05, 3.63) is 18.1 Å². The molecule has 0 spiro atoms. The zero-order valence-corrected chi connectivity index (χ0v) is 23.0. The molecule has 0 amide bonds. The fraction of sp³-hybridized carbons (Fsp3) is 0.889. The number of hydrogen-bond acceptors (Lipinski definition) is 0. The Morgan fingerprint density at radius 3 is 2.57 bits per heavy atom. The maximum Gasteiger partial charge on any atom is 1.00 e. The molecule has 0 aliphatic heterocycles. The van der Waals surface area contributed by atoms with E-state index in [2.05, 4.69) is 47.1 Å². The van der Waals surface area contributed by atoms with Gasteiger partial charge in [0.15, 0.2) is 0 Å². The van der Waals surface area contributed by atoms with E-state index in [4.69, 9.17) is 0 Å². The van der Waals surface area contributed by atoms with Crippen LogP contribution in [-0.4, -0.2) is 0 Å². The molecule has 0 nitrogen and oxygen atoms in total. The molecule has 7 unspecified atom stereocenters. The van der Waals surface area contributed by atoms with E-state index in [1.165, 1.54) is 70.6 Å². The summed E-state index contributed by atoms with van der Waals surface area (Å²) in [6.45, 7) is 12.7. The Labute approximate surface area is 218 Å². The van der Waals surface area contributed by atoms with Crippen LogP contribution in [0.1, 0.15) is 105 Å². The zero-order valence-electron chi connectivity index (χ0n) is 19.9. The van der Waals surface area contributed by atoms with Crippen LogP contribution < -0.4 is 51.4 Å². The fourth-order valence-electron chi connectivity index (χ4n) is 8.50. The third-order valence-corrected chi connectivity index (χ3v) is 10.1. The molecule has 3 fully saturated rings. The molecule has 4 rings (SSSR count). The quantitative estimate of drug-likeness (QED) is 0.332. The standard InChI is InChI=1S/C27H45.K/c1-19(2)9-8-10-20(3)23-14-15-24-22-13-12-21-11-6-7-17-26(21,4)25(22)16-18-27(23,24)5;/h6,12,19-20,22-25H,7-11,13-18H2,1-5H3;/q-1;+1. The van der Waals surface area contributed by atoms with Gasteiger partial charge in [-0.3, -0.25) is 0 Å². The molecule has 28 heavy (non-hydrogen) atoms. The Morgan fingerprint density at radius 1 is 1.04 bits per heavy atom. The monoisotopic (exact) mass is 408 g/mol. The molecule has 0 saturated heterocycles. The minimum Gasteiger partial charge on any atom is -0.325 e. The minimum absolute atomic E-state index is 0. The van der Waals surface area contributed by atoms with Crippen molar-refractivity contribution in [3.8, 4) is 0 Å². The molecule has 4 aliphatic carbocycles. The van der Waals surface area contributed by atoms with Crippen LogP contribution in [0.2, 0.25) is 0 Å². The van der Waals surface area contributed by atoms with Gasteiger partial charge in [0, 0.05) is 0 Å². The third-order valence-electron chi connectivity index (χ3n) is 10.1. The van der Waals surface area contributed by atoms with Crippen LogP contribution in [0.5, 0.6) is 0 Å². The first-order chi connectivity index (χ1) is 12.9. The van der Waals surface area contributed by atoms with E-state index in [-0.39, 0.29) is 51.4 Å². The largest absolute Gasteiger partial charge is 1.00 e. The molecule has 0 aromatic carbocycles. The van der Waals surface area contributed by atoms with E-state index in [1.54, 1.807) is 0 Å². The van der Waals surface area contributed by atoms with Gasteiger partial charge in [-0.25, -0.2) is 0 Å². The summed E-state index contributed by atoms with van der Waals surface area (Å²) >= 11 is 0. The minimum atomic E-state index is 0. The zero-order chi connectivity index (χ0) is 19.2. The average Bonchev–Trinajstić information content (AvgIpc) is 2.98. The van der Waals surface area contributed by atoms with Crippen molar-refractivity contribution in [3.63, 3.8) is 0 Å². The summed E-state index contributed by atoms with van der Waals surface area (Å²) in [5, 5.41) is 0. The normalized spacial score (nSPS) is 43.4. The van der Waals surface area contributed by atoms with Gasteiger partial charge in [-0.1, -0.05) is 72.0 Å². The molecule has 154 valence electrons. The van der Waals surface area contributed by atoms with Crippen molar-refractivity contribution in [2.75, 3.05) is 0 Å². The molecule has 0 radical (unpaired) electrons. The summed E-state index contributed by atoms with van der Waals surface area (Å²) in [6, 6.07) is 0. The predicted molar refractivity (Wildman–Crippen MR) is 117 cm³/mol. The first-order valence-electron chi connectivity index (χ1n) is 12.4. The van der Waals surface area contributed by atoms with Gasteiger partial charge in [0.2, 0.25) is 0 Å². The van der Waals surface area contributed by atoms with Crippen molar-refractivity contribution in [2.45, 2.75) is 105 Å². The topological polar surface area (TPSA) is 0 Å². The van der Waals surface area contributed by atoms with Crippen LogP contribution >= 0.6 is 0 Å². The molecule has 1 heteroatoms. The van der Waals surface area contributed by atoms with Gasteiger partial charge >= 0.3 is 51.4 Å². The van der Waals surface area contributed by atoms with Gasteiger partial charge < -0.3 is 6.42 Å². The Morgan fingerprint density at radius 2 is 1.82 bits per heavy atom. The summed E-state index contributed by atoms with van der Waals surface area (Å²) in [5.41, 5.74) is 3.00. The number of fused-ring (bicyclic) bond motifs is 5. The molecule has 0 bridgehead atoms. The van der Waals surface area contributed by atoms with Crippen molar-refractivity contribution < 1.29 is 51.4 Å². The molecule has 0 aromatic rings. The molecule has 4 aliphatic rings. The Kier molecular flexibility index (Phi) is 8.13. The average molecular weight is 409 g/mol. The molecule has 0 N–H and O–H groups in total. The first-order valence-corrected chi connectivity index (χ1v) is 12.4. The maximum atomic E-state index is 2.72. The van der Waals surface area contributed by atoms with Crippen LogP contribution in [0.4, 0.5) is 0 Å². The van der Waals surface area contributed by atoms with E-state index in [1.807, 2.05) is 5.57 Å². The van der Waals surface area contributed by atoms with E-state index in [9.17, 15) is 0 Å². The van der Waals surface area contributed by atoms with Gasteiger partial charge in [0.05, 0.1) is 0 Å². The van der Waals surface area contributed by atoms with Gasteiger partial charge in [0.25, 0.3) is 0 Å². The third kappa shape index (κ3) is 4.20.